The second kappa shape index (κ2) is 5.19. The highest BCUT2D eigenvalue weighted by atomic mass is 79.9. The van der Waals surface area contributed by atoms with E-state index in [1.54, 1.807) is 0 Å². The first-order valence-corrected chi connectivity index (χ1v) is 7.36. The molecule has 18 heavy (non-hydrogen) atoms. The summed E-state index contributed by atoms with van der Waals surface area (Å²) < 4.78 is 6.87. The van der Waals surface area contributed by atoms with Crippen molar-refractivity contribution in [3.05, 3.63) is 27.7 Å². The van der Waals surface area contributed by atoms with Crippen molar-refractivity contribution in [2.75, 3.05) is 19.7 Å². The highest BCUT2D eigenvalue weighted by molar-refractivity contribution is 9.10. The SMILES string of the molecule is OC1CCCN(Cc2cc(Br)cc3c2OCC3)C1. The molecular formula is C14H18BrNO2. The van der Waals surface area contributed by atoms with Gasteiger partial charge in [0, 0.05) is 29.5 Å². The Hall–Kier alpha value is -0.580. The Morgan fingerprint density at radius 3 is 3.17 bits per heavy atom. The number of likely N-dealkylation sites (tertiary alicyclic amines) is 1. The molecule has 2 heterocycles. The van der Waals surface area contributed by atoms with Gasteiger partial charge in [-0.05, 0) is 37.1 Å². The number of halogens is 1. The summed E-state index contributed by atoms with van der Waals surface area (Å²) >= 11 is 3.57. The summed E-state index contributed by atoms with van der Waals surface area (Å²) in [5.74, 6) is 1.07. The number of aliphatic hydroxyl groups is 1. The lowest BCUT2D eigenvalue weighted by Crippen LogP contribution is -2.37. The smallest absolute Gasteiger partial charge is 0.127 e. The molecule has 3 rings (SSSR count). The van der Waals surface area contributed by atoms with Gasteiger partial charge in [-0.1, -0.05) is 15.9 Å². The maximum absolute atomic E-state index is 9.72. The Bertz CT molecular complexity index is 450. The van der Waals surface area contributed by atoms with E-state index in [1.165, 1.54) is 11.1 Å². The van der Waals surface area contributed by atoms with E-state index >= 15 is 0 Å². The van der Waals surface area contributed by atoms with Crippen molar-refractivity contribution in [2.45, 2.75) is 31.9 Å². The third-order valence-electron chi connectivity index (χ3n) is 3.70. The molecule has 0 saturated carbocycles. The second-order valence-electron chi connectivity index (χ2n) is 5.18. The summed E-state index contributed by atoms with van der Waals surface area (Å²) in [6, 6.07) is 4.29. The molecule has 0 bridgehead atoms. The fourth-order valence-electron chi connectivity index (χ4n) is 2.88. The number of rotatable bonds is 2. The Morgan fingerprint density at radius 2 is 2.33 bits per heavy atom. The van der Waals surface area contributed by atoms with Crippen molar-refractivity contribution < 1.29 is 9.84 Å². The number of fused-ring (bicyclic) bond motifs is 1. The zero-order valence-electron chi connectivity index (χ0n) is 10.4. The Balaban J connectivity index is 1.80. The van der Waals surface area contributed by atoms with Crippen LogP contribution in [-0.4, -0.2) is 35.8 Å². The molecule has 3 nitrogen and oxygen atoms in total. The fourth-order valence-corrected chi connectivity index (χ4v) is 3.43. The predicted molar refractivity (Wildman–Crippen MR) is 73.9 cm³/mol. The van der Waals surface area contributed by atoms with Gasteiger partial charge in [-0.3, -0.25) is 4.90 Å². The first kappa shape index (κ1) is 12.5. The maximum atomic E-state index is 9.72. The molecule has 1 fully saturated rings. The van der Waals surface area contributed by atoms with E-state index in [9.17, 15) is 5.11 Å². The van der Waals surface area contributed by atoms with Crippen LogP contribution in [0.1, 0.15) is 24.0 Å². The Morgan fingerprint density at radius 1 is 1.44 bits per heavy atom. The van der Waals surface area contributed by atoms with Crippen LogP contribution < -0.4 is 4.74 Å². The van der Waals surface area contributed by atoms with Crippen LogP contribution in [0.5, 0.6) is 5.75 Å². The molecule has 1 atom stereocenters. The molecule has 0 spiro atoms. The zero-order valence-corrected chi connectivity index (χ0v) is 11.9. The number of aliphatic hydroxyl groups excluding tert-OH is 1. The number of ether oxygens (including phenoxy) is 1. The van der Waals surface area contributed by atoms with E-state index in [2.05, 4.69) is 33.0 Å². The van der Waals surface area contributed by atoms with Gasteiger partial charge in [0.2, 0.25) is 0 Å². The summed E-state index contributed by atoms with van der Waals surface area (Å²) in [5, 5.41) is 9.72. The molecule has 4 heteroatoms. The molecule has 0 amide bonds. The Labute approximate surface area is 116 Å². The topological polar surface area (TPSA) is 32.7 Å². The largest absolute Gasteiger partial charge is 0.493 e. The first-order chi connectivity index (χ1) is 8.72. The highest BCUT2D eigenvalue weighted by Crippen LogP contribution is 2.34. The summed E-state index contributed by atoms with van der Waals surface area (Å²) in [4.78, 5) is 2.32. The molecule has 2 aliphatic rings. The average Bonchev–Trinajstić information content (AvgIpc) is 2.77. The fraction of sp³-hybridized carbons (Fsp3) is 0.571. The number of hydrogen-bond acceptors (Lipinski definition) is 3. The minimum absolute atomic E-state index is 0.167. The van der Waals surface area contributed by atoms with Crippen LogP contribution in [0.25, 0.3) is 0 Å². The van der Waals surface area contributed by atoms with E-state index in [0.29, 0.717) is 0 Å². The molecule has 0 aromatic heterocycles. The summed E-state index contributed by atoms with van der Waals surface area (Å²) in [6.07, 6.45) is 2.85. The third-order valence-corrected chi connectivity index (χ3v) is 4.16. The molecule has 1 N–H and O–H groups in total. The van der Waals surface area contributed by atoms with Gasteiger partial charge < -0.3 is 9.84 Å². The number of nitrogens with zero attached hydrogens (tertiary/aromatic N) is 1. The van der Waals surface area contributed by atoms with Crippen LogP contribution in [0.4, 0.5) is 0 Å². The minimum Gasteiger partial charge on any atom is -0.493 e. The molecule has 1 aromatic rings. The predicted octanol–water partition coefficient (Wildman–Crippen LogP) is 2.34. The first-order valence-electron chi connectivity index (χ1n) is 6.57. The van der Waals surface area contributed by atoms with Gasteiger partial charge in [0.15, 0.2) is 0 Å². The molecule has 1 unspecified atom stereocenters. The van der Waals surface area contributed by atoms with Gasteiger partial charge in [0.1, 0.15) is 5.75 Å². The van der Waals surface area contributed by atoms with Crippen molar-refractivity contribution in [3.8, 4) is 5.75 Å². The quantitative estimate of drug-likeness (QED) is 0.910. The lowest BCUT2D eigenvalue weighted by Gasteiger charge is -2.30. The molecule has 0 radical (unpaired) electrons. The molecule has 0 aliphatic carbocycles. The van der Waals surface area contributed by atoms with Crippen molar-refractivity contribution in [2.24, 2.45) is 0 Å². The highest BCUT2D eigenvalue weighted by Gasteiger charge is 2.22. The molecule has 98 valence electrons. The van der Waals surface area contributed by atoms with Crippen molar-refractivity contribution in [1.29, 1.82) is 0 Å². The minimum atomic E-state index is -0.167. The maximum Gasteiger partial charge on any atom is 0.127 e. The lowest BCUT2D eigenvalue weighted by molar-refractivity contribution is 0.0664. The van der Waals surface area contributed by atoms with Gasteiger partial charge >= 0.3 is 0 Å². The van der Waals surface area contributed by atoms with E-state index in [1.807, 2.05) is 0 Å². The number of hydrogen-bond donors (Lipinski definition) is 1. The summed E-state index contributed by atoms with van der Waals surface area (Å²) in [7, 11) is 0. The van der Waals surface area contributed by atoms with Crippen LogP contribution in [-0.2, 0) is 13.0 Å². The van der Waals surface area contributed by atoms with Gasteiger partial charge in [-0.2, -0.15) is 0 Å². The van der Waals surface area contributed by atoms with Crippen LogP contribution in [0.3, 0.4) is 0 Å². The van der Waals surface area contributed by atoms with E-state index < -0.39 is 0 Å². The standard InChI is InChI=1S/C14H18BrNO2/c15-12-6-10-3-5-18-14(10)11(7-12)8-16-4-1-2-13(17)9-16/h6-7,13,17H,1-5,8-9H2. The van der Waals surface area contributed by atoms with E-state index in [0.717, 1.165) is 55.7 Å². The monoisotopic (exact) mass is 311 g/mol. The van der Waals surface area contributed by atoms with Gasteiger partial charge in [0.05, 0.1) is 12.7 Å². The molecular weight excluding hydrogens is 294 g/mol. The van der Waals surface area contributed by atoms with Gasteiger partial charge in [-0.15, -0.1) is 0 Å². The normalized spacial score (nSPS) is 23.8. The zero-order chi connectivity index (χ0) is 12.5. The number of benzene rings is 1. The van der Waals surface area contributed by atoms with Crippen LogP contribution in [0, 0.1) is 0 Å². The van der Waals surface area contributed by atoms with Gasteiger partial charge in [0.25, 0.3) is 0 Å². The van der Waals surface area contributed by atoms with Crippen molar-refractivity contribution >= 4 is 15.9 Å². The Kier molecular flexibility index (Phi) is 3.59. The second-order valence-corrected chi connectivity index (χ2v) is 6.10. The summed E-state index contributed by atoms with van der Waals surface area (Å²) in [6.45, 7) is 3.51. The van der Waals surface area contributed by atoms with Crippen LogP contribution in [0.15, 0.2) is 16.6 Å². The summed E-state index contributed by atoms with van der Waals surface area (Å²) in [5.41, 5.74) is 2.54. The molecule has 2 aliphatic heterocycles. The van der Waals surface area contributed by atoms with E-state index in [4.69, 9.17) is 4.74 Å². The lowest BCUT2D eigenvalue weighted by atomic mass is 10.0. The number of β-amino-alcohol motifs (C(OH)–C–C–N with tert-alkyl or cyclic N) is 1. The molecule has 1 aromatic carbocycles. The van der Waals surface area contributed by atoms with Crippen LogP contribution in [0.2, 0.25) is 0 Å². The average molecular weight is 312 g/mol. The van der Waals surface area contributed by atoms with Crippen LogP contribution >= 0.6 is 15.9 Å². The number of piperidine rings is 1. The van der Waals surface area contributed by atoms with Gasteiger partial charge in [-0.25, -0.2) is 0 Å². The molecule has 1 saturated heterocycles. The third kappa shape index (κ3) is 2.56. The van der Waals surface area contributed by atoms with E-state index in [-0.39, 0.29) is 6.10 Å². The van der Waals surface area contributed by atoms with Crippen molar-refractivity contribution in [1.82, 2.24) is 4.90 Å². The van der Waals surface area contributed by atoms with Crippen molar-refractivity contribution in [3.63, 3.8) is 0 Å².